The second-order valence-corrected chi connectivity index (χ2v) is 5.17. The molecule has 1 N–H and O–H groups in total. The second kappa shape index (κ2) is 6.02. The summed E-state index contributed by atoms with van der Waals surface area (Å²) in [6, 6.07) is 12.0. The number of fused-ring (bicyclic) bond motifs is 1. The molecule has 0 atom stereocenters. The molecule has 0 amide bonds. The summed E-state index contributed by atoms with van der Waals surface area (Å²) < 4.78 is 5.37. The molecule has 1 aliphatic rings. The first-order chi connectivity index (χ1) is 10.7. The SMILES string of the molecule is CC=Nc1ccc2c(c1C)N=C(Nc1ccccc1OC)C2. The van der Waals surface area contributed by atoms with Gasteiger partial charge in [-0.15, -0.1) is 0 Å². The predicted octanol–water partition coefficient (Wildman–Crippen LogP) is 4.42. The van der Waals surface area contributed by atoms with Gasteiger partial charge in [-0.05, 0) is 37.6 Å². The minimum absolute atomic E-state index is 0.796. The molecule has 4 heteroatoms. The highest BCUT2D eigenvalue weighted by molar-refractivity contribution is 6.03. The van der Waals surface area contributed by atoms with Crippen LogP contribution in [0.3, 0.4) is 0 Å². The lowest BCUT2D eigenvalue weighted by Gasteiger charge is -2.10. The summed E-state index contributed by atoms with van der Waals surface area (Å²) in [7, 11) is 1.67. The Bertz CT molecular complexity index is 763. The van der Waals surface area contributed by atoms with E-state index in [9.17, 15) is 0 Å². The Balaban J connectivity index is 1.90. The van der Waals surface area contributed by atoms with Gasteiger partial charge < -0.3 is 10.1 Å². The number of hydrogen-bond donors (Lipinski definition) is 1. The lowest BCUT2D eigenvalue weighted by molar-refractivity contribution is 0.417. The number of ether oxygens (including phenoxy) is 1. The number of nitrogens with zero attached hydrogens (tertiary/aromatic N) is 2. The van der Waals surface area contributed by atoms with Crippen molar-refractivity contribution < 1.29 is 4.74 Å². The lowest BCUT2D eigenvalue weighted by atomic mass is 10.1. The molecule has 0 aromatic heterocycles. The minimum atomic E-state index is 0.796. The predicted molar refractivity (Wildman–Crippen MR) is 92.4 cm³/mol. The molecule has 1 heterocycles. The quantitative estimate of drug-likeness (QED) is 0.851. The molecule has 1 aliphatic heterocycles. The van der Waals surface area contributed by atoms with Gasteiger partial charge in [-0.1, -0.05) is 18.2 Å². The van der Waals surface area contributed by atoms with Gasteiger partial charge in [0.25, 0.3) is 0 Å². The van der Waals surface area contributed by atoms with Crippen LogP contribution in [-0.2, 0) is 6.42 Å². The van der Waals surface area contributed by atoms with Gasteiger partial charge in [0.2, 0.25) is 0 Å². The number of benzene rings is 2. The number of aliphatic imine (C=N–C) groups is 2. The van der Waals surface area contributed by atoms with Gasteiger partial charge in [0, 0.05) is 18.2 Å². The van der Waals surface area contributed by atoms with Crippen LogP contribution in [0.2, 0.25) is 0 Å². The molecule has 0 fully saturated rings. The summed E-state index contributed by atoms with van der Waals surface area (Å²) >= 11 is 0. The van der Waals surface area contributed by atoms with E-state index in [4.69, 9.17) is 9.73 Å². The van der Waals surface area contributed by atoms with E-state index < -0.39 is 0 Å². The summed E-state index contributed by atoms with van der Waals surface area (Å²) in [6.07, 6.45) is 2.60. The molecule has 0 radical (unpaired) electrons. The van der Waals surface area contributed by atoms with Crippen LogP contribution in [0.15, 0.2) is 46.4 Å². The van der Waals surface area contributed by atoms with E-state index in [0.29, 0.717) is 0 Å². The van der Waals surface area contributed by atoms with Gasteiger partial charge in [0.1, 0.15) is 11.6 Å². The fourth-order valence-corrected chi connectivity index (χ4v) is 2.65. The van der Waals surface area contributed by atoms with Crippen molar-refractivity contribution in [2.24, 2.45) is 9.98 Å². The van der Waals surface area contributed by atoms with Crippen molar-refractivity contribution in [3.63, 3.8) is 0 Å². The zero-order valence-electron chi connectivity index (χ0n) is 13.1. The zero-order chi connectivity index (χ0) is 15.5. The fraction of sp³-hybridized carbons (Fsp3) is 0.222. The Kier molecular flexibility index (Phi) is 3.92. The van der Waals surface area contributed by atoms with Gasteiger partial charge in [0.15, 0.2) is 0 Å². The monoisotopic (exact) mass is 293 g/mol. The molecule has 0 bridgehead atoms. The normalized spacial score (nSPS) is 13.1. The minimum Gasteiger partial charge on any atom is -0.495 e. The van der Waals surface area contributed by atoms with E-state index in [1.807, 2.05) is 31.2 Å². The molecule has 0 aliphatic carbocycles. The Hall–Kier alpha value is -2.62. The molecule has 3 rings (SSSR count). The second-order valence-electron chi connectivity index (χ2n) is 5.17. The maximum Gasteiger partial charge on any atom is 0.142 e. The maximum absolute atomic E-state index is 5.37. The summed E-state index contributed by atoms with van der Waals surface area (Å²) in [6.45, 7) is 3.99. The van der Waals surface area contributed by atoms with E-state index in [1.54, 1.807) is 13.3 Å². The van der Waals surface area contributed by atoms with Crippen LogP contribution in [0.1, 0.15) is 18.1 Å². The molecule has 2 aromatic rings. The van der Waals surface area contributed by atoms with E-state index in [0.717, 1.165) is 40.6 Å². The molecule has 0 saturated carbocycles. The topological polar surface area (TPSA) is 46.0 Å². The van der Waals surface area contributed by atoms with E-state index in [2.05, 4.69) is 29.4 Å². The van der Waals surface area contributed by atoms with Gasteiger partial charge in [-0.25, -0.2) is 4.99 Å². The first kappa shape index (κ1) is 14.3. The lowest BCUT2D eigenvalue weighted by Crippen LogP contribution is -2.12. The van der Waals surface area contributed by atoms with Crippen molar-refractivity contribution in [3.05, 3.63) is 47.5 Å². The Labute approximate surface area is 130 Å². The Morgan fingerprint density at radius 1 is 1.23 bits per heavy atom. The van der Waals surface area contributed by atoms with Gasteiger partial charge in [-0.2, -0.15) is 0 Å². The van der Waals surface area contributed by atoms with Crippen LogP contribution in [0.25, 0.3) is 0 Å². The zero-order valence-corrected chi connectivity index (χ0v) is 13.1. The van der Waals surface area contributed by atoms with E-state index in [-0.39, 0.29) is 0 Å². The first-order valence-electron chi connectivity index (χ1n) is 7.31. The van der Waals surface area contributed by atoms with Crippen molar-refractivity contribution in [2.75, 3.05) is 12.4 Å². The van der Waals surface area contributed by atoms with Crippen LogP contribution in [0.5, 0.6) is 5.75 Å². The number of para-hydroxylation sites is 2. The van der Waals surface area contributed by atoms with Gasteiger partial charge in [0.05, 0.1) is 24.2 Å². The summed E-state index contributed by atoms with van der Waals surface area (Å²) in [5.74, 6) is 1.74. The Morgan fingerprint density at radius 3 is 2.82 bits per heavy atom. The van der Waals surface area contributed by atoms with Crippen LogP contribution in [0, 0.1) is 6.92 Å². The maximum atomic E-state index is 5.37. The van der Waals surface area contributed by atoms with E-state index >= 15 is 0 Å². The number of anilines is 1. The summed E-state index contributed by atoms with van der Waals surface area (Å²) in [4.78, 5) is 9.13. The van der Waals surface area contributed by atoms with Crippen molar-refractivity contribution in [1.82, 2.24) is 0 Å². The van der Waals surface area contributed by atoms with Crippen molar-refractivity contribution in [2.45, 2.75) is 20.3 Å². The first-order valence-corrected chi connectivity index (χ1v) is 7.31. The third kappa shape index (κ3) is 2.60. The van der Waals surface area contributed by atoms with Gasteiger partial charge in [-0.3, -0.25) is 4.99 Å². The van der Waals surface area contributed by atoms with Crippen LogP contribution >= 0.6 is 0 Å². The highest BCUT2D eigenvalue weighted by Crippen LogP contribution is 2.36. The molecular formula is C18H19N3O. The molecule has 0 unspecified atom stereocenters. The number of amidine groups is 1. The average molecular weight is 293 g/mol. The number of rotatable bonds is 3. The third-order valence-electron chi connectivity index (χ3n) is 3.74. The molecule has 2 aromatic carbocycles. The molecule has 0 saturated heterocycles. The number of hydrogen-bond acceptors (Lipinski definition) is 4. The molecule has 0 spiro atoms. The molecule has 4 nitrogen and oxygen atoms in total. The number of nitrogens with one attached hydrogen (secondary N) is 1. The highest BCUT2D eigenvalue weighted by atomic mass is 16.5. The Morgan fingerprint density at radius 2 is 2.05 bits per heavy atom. The van der Waals surface area contributed by atoms with Crippen LogP contribution < -0.4 is 10.1 Å². The van der Waals surface area contributed by atoms with Crippen molar-refractivity contribution in [1.29, 1.82) is 0 Å². The fourth-order valence-electron chi connectivity index (χ4n) is 2.65. The average Bonchev–Trinajstić information content (AvgIpc) is 2.94. The third-order valence-corrected chi connectivity index (χ3v) is 3.74. The number of methoxy groups -OCH3 is 1. The molecule has 112 valence electrons. The van der Waals surface area contributed by atoms with Crippen molar-refractivity contribution in [3.8, 4) is 5.75 Å². The van der Waals surface area contributed by atoms with Crippen LogP contribution in [-0.4, -0.2) is 19.2 Å². The smallest absolute Gasteiger partial charge is 0.142 e. The van der Waals surface area contributed by atoms with E-state index in [1.165, 1.54) is 5.56 Å². The summed E-state index contributed by atoms with van der Waals surface area (Å²) in [5, 5.41) is 3.37. The molecular weight excluding hydrogens is 274 g/mol. The standard InChI is InChI=1S/C18H19N3O/c1-4-19-14-10-9-13-11-17(21-18(13)12(14)2)20-15-7-5-6-8-16(15)22-3/h4-10H,11H2,1-3H3,(H,20,21). The van der Waals surface area contributed by atoms with Crippen molar-refractivity contribution >= 4 is 29.1 Å². The molecule has 22 heavy (non-hydrogen) atoms. The van der Waals surface area contributed by atoms with Crippen LogP contribution in [0.4, 0.5) is 17.1 Å². The highest BCUT2D eigenvalue weighted by Gasteiger charge is 2.19. The largest absolute Gasteiger partial charge is 0.495 e. The van der Waals surface area contributed by atoms with Gasteiger partial charge >= 0.3 is 0 Å². The summed E-state index contributed by atoms with van der Waals surface area (Å²) in [5.41, 5.74) is 5.28.